The molecule has 1 atom stereocenters. The zero-order valence-corrected chi connectivity index (χ0v) is 16.1. The fourth-order valence-corrected chi connectivity index (χ4v) is 3.50. The van der Waals surface area contributed by atoms with Gasteiger partial charge in [-0.25, -0.2) is 4.79 Å². The number of hydrogen-bond acceptors (Lipinski definition) is 4. The molecule has 27 heavy (non-hydrogen) atoms. The lowest BCUT2D eigenvalue weighted by atomic mass is 9.97. The molecule has 7 heteroatoms. The summed E-state index contributed by atoms with van der Waals surface area (Å²) < 4.78 is 2.69. The first-order chi connectivity index (χ1) is 12.9. The van der Waals surface area contributed by atoms with Gasteiger partial charge in [-0.15, -0.1) is 0 Å². The average molecular weight is 370 g/mol. The highest BCUT2D eigenvalue weighted by Gasteiger charge is 2.28. The van der Waals surface area contributed by atoms with E-state index < -0.39 is 0 Å². The molecular weight excluding hydrogens is 344 g/mol. The lowest BCUT2D eigenvalue weighted by molar-refractivity contribution is -0.120. The summed E-state index contributed by atoms with van der Waals surface area (Å²) >= 11 is 0. The first-order valence-corrected chi connectivity index (χ1v) is 9.34. The largest absolute Gasteiger partial charge is 0.357 e. The molecule has 0 saturated carbocycles. The molecule has 1 saturated heterocycles. The molecule has 1 fully saturated rings. The summed E-state index contributed by atoms with van der Waals surface area (Å²) in [6.45, 7) is 5.56. The van der Waals surface area contributed by atoms with Crippen LogP contribution in [0.1, 0.15) is 25.3 Å². The predicted molar refractivity (Wildman–Crippen MR) is 106 cm³/mol. The number of nitrogens with zero attached hydrogens (tertiary/aromatic N) is 3. The molecule has 1 aliphatic heterocycles. The van der Waals surface area contributed by atoms with Crippen LogP contribution >= 0.6 is 0 Å². The van der Waals surface area contributed by atoms with Crippen LogP contribution in [0.5, 0.6) is 0 Å². The molecule has 1 unspecified atom stereocenters. The predicted octanol–water partition coefficient (Wildman–Crippen LogP) is 1.73. The Morgan fingerprint density at radius 3 is 2.59 bits per heavy atom. The van der Waals surface area contributed by atoms with Crippen LogP contribution in [-0.2, 0) is 18.4 Å². The first-order valence-electron chi connectivity index (χ1n) is 9.34. The fraction of sp³-hybridized carbons (Fsp3) is 0.450. The molecule has 2 aromatic rings. The Labute approximate surface area is 158 Å². The van der Waals surface area contributed by atoms with Crippen molar-refractivity contribution >= 4 is 17.4 Å². The van der Waals surface area contributed by atoms with Gasteiger partial charge in [-0.3, -0.25) is 18.7 Å². The van der Waals surface area contributed by atoms with E-state index in [2.05, 4.69) is 5.32 Å². The highest BCUT2D eigenvalue weighted by Crippen LogP contribution is 2.23. The number of anilines is 2. The minimum atomic E-state index is -0.328. The Morgan fingerprint density at radius 1 is 1.22 bits per heavy atom. The first kappa shape index (κ1) is 18.9. The maximum atomic E-state index is 12.7. The Bertz CT molecular complexity index is 943. The molecule has 0 spiro atoms. The second-order valence-corrected chi connectivity index (χ2v) is 7.07. The van der Waals surface area contributed by atoms with Crippen molar-refractivity contribution in [3.8, 4) is 0 Å². The lowest BCUT2D eigenvalue weighted by Crippen LogP contribution is -2.46. The maximum Gasteiger partial charge on any atom is 0.332 e. The van der Waals surface area contributed by atoms with E-state index in [-0.39, 0.29) is 23.1 Å². The molecular formula is C20H26N4O3. The second kappa shape index (κ2) is 7.82. The molecule has 1 aliphatic rings. The molecule has 1 aromatic carbocycles. The second-order valence-electron chi connectivity index (χ2n) is 7.07. The topological polar surface area (TPSA) is 76.3 Å². The van der Waals surface area contributed by atoms with E-state index >= 15 is 0 Å². The molecule has 2 heterocycles. The summed E-state index contributed by atoms with van der Waals surface area (Å²) in [5.41, 5.74) is 1.26. The van der Waals surface area contributed by atoms with Gasteiger partial charge in [-0.2, -0.15) is 0 Å². The van der Waals surface area contributed by atoms with E-state index in [1.54, 1.807) is 4.57 Å². The van der Waals surface area contributed by atoms with Gasteiger partial charge in [0.1, 0.15) is 5.82 Å². The molecule has 1 aromatic heterocycles. The SMILES string of the molecule is CCn1c(N2CCCC(C(=O)Nc3ccc(C)cc3)C2)cc(=O)n(C)c1=O. The van der Waals surface area contributed by atoms with E-state index in [1.165, 1.54) is 13.1 Å². The van der Waals surface area contributed by atoms with Gasteiger partial charge in [0, 0.05) is 38.4 Å². The number of carbonyl (C=O) groups excluding carboxylic acids is 1. The van der Waals surface area contributed by atoms with Gasteiger partial charge < -0.3 is 10.2 Å². The Kier molecular flexibility index (Phi) is 5.48. The maximum absolute atomic E-state index is 12.7. The van der Waals surface area contributed by atoms with Gasteiger partial charge in [0.05, 0.1) is 5.92 Å². The third kappa shape index (κ3) is 3.97. The number of piperidine rings is 1. The third-order valence-corrected chi connectivity index (χ3v) is 5.13. The number of nitrogens with one attached hydrogen (secondary N) is 1. The molecule has 1 N–H and O–H groups in total. The number of aryl methyl sites for hydroxylation is 1. The average Bonchev–Trinajstić information content (AvgIpc) is 2.67. The molecule has 0 radical (unpaired) electrons. The summed E-state index contributed by atoms with van der Waals surface area (Å²) in [5.74, 6) is 0.376. The number of carbonyl (C=O) groups is 1. The summed E-state index contributed by atoms with van der Waals surface area (Å²) in [5, 5.41) is 2.97. The van der Waals surface area contributed by atoms with Crippen molar-refractivity contribution in [2.45, 2.75) is 33.2 Å². The quantitative estimate of drug-likeness (QED) is 0.889. The molecule has 7 nitrogen and oxygen atoms in total. The summed E-state index contributed by atoms with van der Waals surface area (Å²) in [6.07, 6.45) is 1.62. The molecule has 3 rings (SSSR count). The number of aromatic nitrogens is 2. The Morgan fingerprint density at radius 2 is 1.93 bits per heavy atom. The zero-order valence-electron chi connectivity index (χ0n) is 16.1. The fourth-order valence-electron chi connectivity index (χ4n) is 3.50. The van der Waals surface area contributed by atoms with Crippen LogP contribution in [0.25, 0.3) is 0 Å². The summed E-state index contributed by atoms with van der Waals surface area (Å²) in [6, 6.07) is 9.20. The van der Waals surface area contributed by atoms with Crippen molar-refractivity contribution in [2.24, 2.45) is 13.0 Å². The highest BCUT2D eigenvalue weighted by atomic mass is 16.2. The summed E-state index contributed by atoms with van der Waals surface area (Å²) in [7, 11) is 1.48. The lowest BCUT2D eigenvalue weighted by Gasteiger charge is -2.34. The summed E-state index contributed by atoms with van der Waals surface area (Å²) in [4.78, 5) is 39.2. The van der Waals surface area contributed by atoms with Gasteiger partial charge in [-0.05, 0) is 38.8 Å². The van der Waals surface area contributed by atoms with Gasteiger partial charge in [0.2, 0.25) is 5.91 Å². The van der Waals surface area contributed by atoms with Crippen LogP contribution in [0.2, 0.25) is 0 Å². The molecule has 144 valence electrons. The van der Waals surface area contributed by atoms with Gasteiger partial charge >= 0.3 is 5.69 Å². The van der Waals surface area contributed by atoms with Crippen molar-refractivity contribution < 1.29 is 4.79 Å². The van der Waals surface area contributed by atoms with Crippen molar-refractivity contribution in [1.82, 2.24) is 9.13 Å². The number of benzene rings is 1. The van der Waals surface area contributed by atoms with Crippen LogP contribution in [-0.4, -0.2) is 28.1 Å². The normalized spacial score (nSPS) is 17.0. The monoisotopic (exact) mass is 370 g/mol. The van der Waals surface area contributed by atoms with E-state index in [0.717, 1.165) is 35.2 Å². The highest BCUT2D eigenvalue weighted by molar-refractivity contribution is 5.93. The van der Waals surface area contributed by atoms with E-state index in [1.807, 2.05) is 43.0 Å². The minimum Gasteiger partial charge on any atom is -0.357 e. The van der Waals surface area contributed by atoms with Crippen LogP contribution in [0.4, 0.5) is 11.5 Å². The van der Waals surface area contributed by atoms with E-state index in [0.29, 0.717) is 18.9 Å². The Balaban J connectivity index is 1.80. The van der Waals surface area contributed by atoms with Gasteiger partial charge in [0.25, 0.3) is 5.56 Å². The minimum absolute atomic E-state index is 0.0298. The third-order valence-electron chi connectivity index (χ3n) is 5.13. The number of amides is 1. The number of hydrogen-bond donors (Lipinski definition) is 1. The van der Waals surface area contributed by atoms with Crippen LogP contribution in [0.3, 0.4) is 0 Å². The smallest absolute Gasteiger partial charge is 0.332 e. The number of rotatable bonds is 4. The van der Waals surface area contributed by atoms with Crippen molar-refractivity contribution in [3.05, 3.63) is 56.7 Å². The van der Waals surface area contributed by atoms with Gasteiger partial charge in [-0.1, -0.05) is 17.7 Å². The van der Waals surface area contributed by atoms with Crippen molar-refractivity contribution in [1.29, 1.82) is 0 Å². The van der Waals surface area contributed by atoms with E-state index in [4.69, 9.17) is 0 Å². The van der Waals surface area contributed by atoms with Crippen molar-refractivity contribution in [2.75, 3.05) is 23.3 Å². The molecule has 1 amide bonds. The zero-order chi connectivity index (χ0) is 19.6. The van der Waals surface area contributed by atoms with Crippen LogP contribution in [0, 0.1) is 12.8 Å². The Hall–Kier alpha value is -2.83. The molecule has 0 bridgehead atoms. The van der Waals surface area contributed by atoms with Gasteiger partial charge in [0.15, 0.2) is 0 Å². The van der Waals surface area contributed by atoms with Crippen LogP contribution < -0.4 is 21.5 Å². The van der Waals surface area contributed by atoms with E-state index in [9.17, 15) is 14.4 Å². The van der Waals surface area contributed by atoms with Crippen LogP contribution in [0.15, 0.2) is 39.9 Å². The van der Waals surface area contributed by atoms with Crippen molar-refractivity contribution in [3.63, 3.8) is 0 Å². The standard InChI is InChI=1S/C20H26N4O3/c1-4-24-17(12-18(25)22(3)20(24)27)23-11-5-6-15(13-23)19(26)21-16-9-7-14(2)8-10-16/h7-10,12,15H,4-6,11,13H2,1-3H3,(H,21,26). The molecule has 0 aliphatic carbocycles.